The molecule has 1 fully saturated rings. The van der Waals surface area contributed by atoms with Gasteiger partial charge in [-0.2, -0.15) is 0 Å². The van der Waals surface area contributed by atoms with Crippen LogP contribution >= 0.6 is 23.2 Å². The third-order valence-electron chi connectivity index (χ3n) is 4.99. The number of urea groups is 1. The maximum Gasteiger partial charge on any atom is 0.317 e. The van der Waals surface area contributed by atoms with E-state index in [0.29, 0.717) is 29.2 Å². The van der Waals surface area contributed by atoms with E-state index in [9.17, 15) is 4.79 Å². The molecule has 0 spiro atoms. The predicted octanol–water partition coefficient (Wildman–Crippen LogP) is 4.28. The van der Waals surface area contributed by atoms with Crippen LogP contribution < -0.4 is 16.4 Å². The van der Waals surface area contributed by atoms with Crippen LogP contribution in [0.5, 0.6) is 0 Å². The lowest BCUT2D eigenvalue weighted by Crippen LogP contribution is -2.46. The Labute approximate surface area is 176 Å². The average Bonchev–Trinajstić information content (AvgIpc) is 2.69. The SMILES string of the molecule is NCCc1ccc(NC2CCN(C(=O)NCc3ccc(Cl)cc3Cl)CC2)cc1. The Balaban J connectivity index is 1.43. The van der Waals surface area contributed by atoms with E-state index in [1.54, 1.807) is 12.1 Å². The van der Waals surface area contributed by atoms with E-state index >= 15 is 0 Å². The van der Waals surface area contributed by atoms with Crippen molar-refractivity contribution >= 4 is 34.9 Å². The van der Waals surface area contributed by atoms with Gasteiger partial charge in [-0.3, -0.25) is 0 Å². The monoisotopic (exact) mass is 420 g/mol. The number of piperidine rings is 1. The van der Waals surface area contributed by atoms with Crippen molar-refractivity contribution in [2.75, 3.05) is 25.0 Å². The Morgan fingerprint density at radius 3 is 2.46 bits per heavy atom. The second-order valence-electron chi connectivity index (χ2n) is 7.04. The number of carbonyl (C=O) groups excluding carboxylic acids is 1. The highest BCUT2D eigenvalue weighted by Crippen LogP contribution is 2.21. The zero-order chi connectivity index (χ0) is 19.9. The molecule has 150 valence electrons. The van der Waals surface area contributed by atoms with Gasteiger partial charge in [-0.25, -0.2) is 4.79 Å². The van der Waals surface area contributed by atoms with Gasteiger partial charge in [0.2, 0.25) is 0 Å². The number of hydrogen-bond acceptors (Lipinski definition) is 3. The molecule has 0 aromatic heterocycles. The van der Waals surface area contributed by atoms with Gasteiger partial charge in [-0.05, 0) is 61.2 Å². The second-order valence-corrected chi connectivity index (χ2v) is 7.88. The molecule has 5 nitrogen and oxygen atoms in total. The van der Waals surface area contributed by atoms with Crippen molar-refractivity contribution in [1.29, 1.82) is 0 Å². The van der Waals surface area contributed by atoms with Gasteiger partial charge in [0.15, 0.2) is 0 Å². The van der Waals surface area contributed by atoms with Crippen LogP contribution in [0, 0.1) is 0 Å². The molecule has 1 aliphatic rings. The lowest BCUT2D eigenvalue weighted by atomic mass is 10.0. The molecular formula is C21H26Cl2N4O. The molecule has 3 rings (SSSR count). The zero-order valence-corrected chi connectivity index (χ0v) is 17.3. The van der Waals surface area contributed by atoms with E-state index in [1.165, 1.54) is 5.56 Å². The first-order chi connectivity index (χ1) is 13.5. The van der Waals surface area contributed by atoms with Gasteiger partial charge >= 0.3 is 6.03 Å². The summed E-state index contributed by atoms with van der Waals surface area (Å²) >= 11 is 12.1. The minimum absolute atomic E-state index is 0.0596. The van der Waals surface area contributed by atoms with Gasteiger partial charge < -0.3 is 21.3 Å². The molecule has 0 radical (unpaired) electrons. The standard InChI is InChI=1S/C21H26Cl2N4O/c22-17-4-3-16(20(23)13-17)14-25-21(28)27-11-8-19(9-12-27)26-18-5-1-15(2-6-18)7-10-24/h1-6,13,19,26H,7-12,14,24H2,(H,25,28). The summed E-state index contributed by atoms with van der Waals surface area (Å²) in [5, 5.41) is 7.65. The number of nitrogens with zero attached hydrogens (tertiary/aromatic N) is 1. The van der Waals surface area contributed by atoms with E-state index in [-0.39, 0.29) is 6.03 Å². The molecule has 2 aromatic rings. The number of benzene rings is 2. The number of hydrogen-bond donors (Lipinski definition) is 3. The van der Waals surface area contributed by atoms with Crippen LogP contribution in [0.3, 0.4) is 0 Å². The molecule has 0 bridgehead atoms. The predicted molar refractivity (Wildman–Crippen MR) is 116 cm³/mol. The van der Waals surface area contributed by atoms with Gasteiger partial charge in [-0.1, -0.05) is 41.4 Å². The van der Waals surface area contributed by atoms with Gasteiger partial charge in [0, 0.05) is 41.4 Å². The Morgan fingerprint density at radius 2 is 1.82 bits per heavy atom. The third kappa shape index (κ3) is 5.77. The highest BCUT2D eigenvalue weighted by Gasteiger charge is 2.22. The van der Waals surface area contributed by atoms with Gasteiger partial charge in [0.1, 0.15) is 0 Å². The maximum absolute atomic E-state index is 12.4. The van der Waals surface area contributed by atoms with E-state index in [0.717, 1.165) is 43.6 Å². The number of rotatable bonds is 6. The maximum atomic E-state index is 12.4. The molecular weight excluding hydrogens is 395 g/mol. The van der Waals surface area contributed by atoms with E-state index in [2.05, 4.69) is 34.9 Å². The average molecular weight is 421 g/mol. The van der Waals surface area contributed by atoms with Crippen LogP contribution in [0.4, 0.5) is 10.5 Å². The lowest BCUT2D eigenvalue weighted by Gasteiger charge is -2.33. The molecule has 1 aliphatic heterocycles. The number of likely N-dealkylation sites (tertiary alicyclic amines) is 1. The van der Waals surface area contributed by atoms with Crippen molar-refractivity contribution in [3.05, 3.63) is 63.6 Å². The number of halogens is 2. The number of anilines is 1. The van der Waals surface area contributed by atoms with Crippen molar-refractivity contribution in [2.24, 2.45) is 5.73 Å². The van der Waals surface area contributed by atoms with Crippen molar-refractivity contribution < 1.29 is 4.79 Å². The first kappa shape index (κ1) is 20.8. The second kappa shape index (κ2) is 10.0. The molecule has 0 saturated carbocycles. The highest BCUT2D eigenvalue weighted by molar-refractivity contribution is 6.35. The number of nitrogens with two attached hydrogens (primary N) is 1. The fourth-order valence-corrected chi connectivity index (χ4v) is 3.82. The molecule has 4 N–H and O–H groups in total. The van der Waals surface area contributed by atoms with Crippen LogP contribution in [-0.2, 0) is 13.0 Å². The third-order valence-corrected chi connectivity index (χ3v) is 5.57. The summed E-state index contributed by atoms with van der Waals surface area (Å²) in [5.41, 5.74) is 8.81. The number of amides is 2. The van der Waals surface area contributed by atoms with Crippen LogP contribution in [0.15, 0.2) is 42.5 Å². The first-order valence-electron chi connectivity index (χ1n) is 9.57. The zero-order valence-electron chi connectivity index (χ0n) is 15.8. The fourth-order valence-electron chi connectivity index (χ4n) is 3.34. The van der Waals surface area contributed by atoms with Crippen molar-refractivity contribution in [2.45, 2.75) is 31.8 Å². The molecule has 7 heteroatoms. The lowest BCUT2D eigenvalue weighted by molar-refractivity contribution is 0.183. The van der Waals surface area contributed by atoms with Gasteiger partial charge in [0.05, 0.1) is 0 Å². The van der Waals surface area contributed by atoms with Crippen molar-refractivity contribution in [3.8, 4) is 0 Å². The summed E-state index contributed by atoms with van der Waals surface area (Å²) in [5.74, 6) is 0. The number of carbonyl (C=O) groups is 1. The topological polar surface area (TPSA) is 70.4 Å². The molecule has 2 aromatic carbocycles. The highest BCUT2D eigenvalue weighted by atomic mass is 35.5. The fraction of sp³-hybridized carbons (Fsp3) is 0.381. The van der Waals surface area contributed by atoms with Crippen LogP contribution in [0.2, 0.25) is 10.0 Å². The largest absolute Gasteiger partial charge is 0.382 e. The minimum Gasteiger partial charge on any atom is -0.382 e. The van der Waals surface area contributed by atoms with Crippen LogP contribution in [0.25, 0.3) is 0 Å². The summed E-state index contributed by atoms with van der Waals surface area (Å²) in [4.78, 5) is 14.3. The molecule has 0 atom stereocenters. The first-order valence-corrected chi connectivity index (χ1v) is 10.3. The molecule has 28 heavy (non-hydrogen) atoms. The quantitative estimate of drug-likeness (QED) is 0.652. The Kier molecular flexibility index (Phi) is 7.43. The molecule has 2 amide bonds. The normalized spacial score (nSPS) is 14.8. The summed E-state index contributed by atoms with van der Waals surface area (Å²) in [7, 11) is 0. The summed E-state index contributed by atoms with van der Waals surface area (Å²) in [6, 6.07) is 14.0. The van der Waals surface area contributed by atoms with Gasteiger partial charge in [-0.15, -0.1) is 0 Å². The smallest absolute Gasteiger partial charge is 0.317 e. The molecule has 0 unspecified atom stereocenters. The summed E-state index contributed by atoms with van der Waals surface area (Å²) < 4.78 is 0. The van der Waals surface area contributed by atoms with E-state index in [4.69, 9.17) is 28.9 Å². The van der Waals surface area contributed by atoms with E-state index in [1.807, 2.05) is 11.0 Å². The van der Waals surface area contributed by atoms with Crippen molar-refractivity contribution in [1.82, 2.24) is 10.2 Å². The minimum atomic E-state index is -0.0596. The van der Waals surface area contributed by atoms with Gasteiger partial charge in [0.25, 0.3) is 0 Å². The van der Waals surface area contributed by atoms with Crippen molar-refractivity contribution in [3.63, 3.8) is 0 Å². The molecule has 1 saturated heterocycles. The number of nitrogens with one attached hydrogen (secondary N) is 2. The van der Waals surface area contributed by atoms with Crippen LogP contribution in [0.1, 0.15) is 24.0 Å². The summed E-state index contributed by atoms with van der Waals surface area (Å²) in [6.45, 7) is 2.51. The Bertz CT molecular complexity index is 789. The van der Waals surface area contributed by atoms with E-state index < -0.39 is 0 Å². The molecule has 0 aliphatic carbocycles. The molecule has 1 heterocycles. The van der Waals surface area contributed by atoms with Crippen LogP contribution in [-0.4, -0.2) is 36.6 Å². The Morgan fingerprint density at radius 1 is 1.11 bits per heavy atom. The Hall–Kier alpha value is -1.95. The summed E-state index contributed by atoms with van der Waals surface area (Å²) in [6.07, 6.45) is 2.73.